The van der Waals surface area contributed by atoms with Gasteiger partial charge in [0.2, 0.25) is 0 Å². The van der Waals surface area contributed by atoms with Crippen LogP contribution in [-0.4, -0.2) is 96.7 Å². The second-order valence-corrected chi connectivity index (χ2v) is 35.9. The number of phosphoric ester groups is 2. The van der Waals surface area contributed by atoms with Crippen LogP contribution in [0.5, 0.6) is 0 Å². The summed E-state index contributed by atoms with van der Waals surface area (Å²) in [5, 5.41) is 10.7. The lowest BCUT2D eigenvalue weighted by Gasteiger charge is -2.21. The van der Waals surface area contributed by atoms with Gasteiger partial charge in [0.1, 0.15) is 19.3 Å². The standard InChI is InChI=1S/C89H174O17P2/c1-8-11-12-13-14-49-56-63-70-86(91)99-76-84(105-88(93)73-66-59-52-45-39-33-27-28-34-40-46-53-60-67-80(4)5)78-103-107(95,96)101-74-83(90)75-102-108(97,98)104-79-85(106-89(94)72-65-58-51-44-38-32-26-22-18-16-20-24-30-36-42-48-55-62-69-82(7)10-3)77-100-87(92)71-64-57-50-43-37-31-25-21-17-15-19-23-29-35-41-47-54-61-68-81(6)9-2/h80-85,90H,8-79H2,1-7H3,(H,95,96)(H,97,98)/t81?,82?,83-,84+,85+/m0/s1. The zero-order valence-corrected chi connectivity index (χ0v) is 73.1. The number of aliphatic hydroxyl groups is 1. The Kier molecular flexibility index (Phi) is 77.5. The van der Waals surface area contributed by atoms with Crippen molar-refractivity contribution in [2.45, 2.75) is 491 Å². The molecule has 0 aliphatic rings. The van der Waals surface area contributed by atoms with E-state index in [1.54, 1.807) is 0 Å². The Hall–Kier alpha value is -1.94. The van der Waals surface area contributed by atoms with Gasteiger partial charge < -0.3 is 33.8 Å². The number of phosphoric acid groups is 2. The molecule has 0 amide bonds. The van der Waals surface area contributed by atoms with E-state index in [0.717, 1.165) is 114 Å². The number of unbranched alkanes of at least 4 members (excludes halogenated alkanes) is 53. The lowest BCUT2D eigenvalue weighted by molar-refractivity contribution is -0.161. The predicted molar refractivity (Wildman–Crippen MR) is 446 cm³/mol. The van der Waals surface area contributed by atoms with Gasteiger partial charge in [-0.3, -0.25) is 37.3 Å². The summed E-state index contributed by atoms with van der Waals surface area (Å²) in [7, 11) is -9.93. The molecule has 19 heteroatoms. The molecule has 642 valence electrons. The van der Waals surface area contributed by atoms with Crippen LogP contribution in [0.1, 0.15) is 472 Å². The van der Waals surface area contributed by atoms with E-state index in [2.05, 4.69) is 48.5 Å². The topological polar surface area (TPSA) is 237 Å². The first-order valence-electron chi connectivity index (χ1n) is 45.9. The molecule has 0 aliphatic heterocycles. The zero-order valence-electron chi connectivity index (χ0n) is 71.3. The van der Waals surface area contributed by atoms with Crippen molar-refractivity contribution in [2.75, 3.05) is 39.6 Å². The summed E-state index contributed by atoms with van der Waals surface area (Å²) in [6.45, 7) is 12.1. The lowest BCUT2D eigenvalue weighted by Crippen LogP contribution is -2.30. The van der Waals surface area contributed by atoms with E-state index in [1.165, 1.54) is 276 Å². The molecule has 0 aliphatic carbocycles. The molecular weight excluding hydrogens is 1400 g/mol. The molecule has 0 heterocycles. The summed E-state index contributed by atoms with van der Waals surface area (Å²) in [5.74, 6) is 0.427. The molecule has 0 aromatic carbocycles. The fourth-order valence-electron chi connectivity index (χ4n) is 13.8. The van der Waals surface area contributed by atoms with Crippen LogP contribution in [-0.2, 0) is 65.4 Å². The normalized spacial score (nSPS) is 14.3. The number of hydrogen-bond donors (Lipinski definition) is 3. The summed E-state index contributed by atoms with van der Waals surface area (Å²) >= 11 is 0. The van der Waals surface area contributed by atoms with Crippen LogP contribution in [0.25, 0.3) is 0 Å². The number of carbonyl (C=O) groups is 4. The van der Waals surface area contributed by atoms with Crippen LogP contribution >= 0.6 is 15.6 Å². The van der Waals surface area contributed by atoms with Crippen molar-refractivity contribution in [3.8, 4) is 0 Å². The van der Waals surface area contributed by atoms with Crippen molar-refractivity contribution in [3.63, 3.8) is 0 Å². The largest absolute Gasteiger partial charge is 0.472 e. The van der Waals surface area contributed by atoms with Gasteiger partial charge in [0.25, 0.3) is 0 Å². The summed E-state index contributed by atoms with van der Waals surface area (Å²) < 4.78 is 68.9. The number of esters is 4. The van der Waals surface area contributed by atoms with Crippen LogP contribution in [0.2, 0.25) is 0 Å². The fraction of sp³-hybridized carbons (Fsp3) is 0.955. The molecule has 0 radical (unpaired) electrons. The highest BCUT2D eigenvalue weighted by Gasteiger charge is 2.31. The maximum Gasteiger partial charge on any atom is 0.472 e. The first-order valence-corrected chi connectivity index (χ1v) is 48.9. The minimum absolute atomic E-state index is 0.107. The summed E-state index contributed by atoms with van der Waals surface area (Å²) in [6, 6.07) is 0. The number of rotatable bonds is 87. The summed E-state index contributed by atoms with van der Waals surface area (Å²) in [4.78, 5) is 73.2. The molecule has 0 aromatic rings. The number of aliphatic hydroxyl groups excluding tert-OH is 1. The van der Waals surface area contributed by atoms with E-state index in [1.807, 2.05) is 0 Å². The fourth-order valence-corrected chi connectivity index (χ4v) is 15.4. The third-order valence-electron chi connectivity index (χ3n) is 21.6. The molecule has 0 fully saturated rings. The summed E-state index contributed by atoms with van der Waals surface area (Å²) in [5.41, 5.74) is 0. The molecule has 7 atom stereocenters. The molecule has 17 nitrogen and oxygen atoms in total. The third-order valence-corrected chi connectivity index (χ3v) is 23.5. The minimum atomic E-state index is -4.97. The van der Waals surface area contributed by atoms with Crippen molar-refractivity contribution >= 4 is 39.5 Å². The highest BCUT2D eigenvalue weighted by molar-refractivity contribution is 7.47. The van der Waals surface area contributed by atoms with E-state index < -0.39 is 97.5 Å². The smallest absolute Gasteiger partial charge is 0.462 e. The Morgan fingerprint density at radius 3 is 0.704 bits per heavy atom. The first kappa shape index (κ1) is 106. The van der Waals surface area contributed by atoms with E-state index >= 15 is 0 Å². The lowest BCUT2D eigenvalue weighted by atomic mass is 9.99. The third kappa shape index (κ3) is 79.3. The van der Waals surface area contributed by atoms with Crippen LogP contribution in [0.4, 0.5) is 0 Å². The van der Waals surface area contributed by atoms with E-state index in [-0.39, 0.29) is 25.7 Å². The van der Waals surface area contributed by atoms with Gasteiger partial charge in [0, 0.05) is 25.7 Å². The molecule has 108 heavy (non-hydrogen) atoms. The van der Waals surface area contributed by atoms with Gasteiger partial charge in [0.05, 0.1) is 26.4 Å². The maximum absolute atomic E-state index is 13.2. The zero-order chi connectivity index (χ0) is 79.3. The molecule has 0 aromatic heterocycles. The van der Waals surface area contributed by atoms with Crippen LogP contribution in [0, 0.1) is 17.8 Å². The van der Waals surface area contributed by atoms with E-state index in [0.29, 0.717) is 25.7 Å². The molecule has 0 spiro atoms. The molecule has 4 unspecified atom stereocenters. The Labute approximate surface area is 664 Å². The molecule has 0 rings (SSSR count). The summed E-state index contributed by atoms with van der Waals surface area (Å²) in [6.07, 6.45) is 70.9. The molecule has 0 bridgehead atoms. The van der Waals surface area contributed by atoms with E-state index in [4.69, 9.17) is 37.0 Å². The van der Waals surface area contributed by atoms with Crippen molar-refractivity contribution in [3.05, 3.63) is 0 Å². The van der Waals surface area contributed by atoms with E-state index in [9.17, 15) is 43.2 Å². The van der Waals surface area contributed by atoms with Gasteiger partial charge in [-0.1, -0.05) is 421 Å². The van der Waals surface area contributed by atoms with Gasteiger partial charge in [0.15, 0.2) is 12.2 Å². The van der Waals surface area contributed by atoms with Crippen LogP contribution < -0.4 is 0 Å². The second-order valence-electron chi connectivity index (χ2n) is 32.9. The average molecular weight is 1580 g/mol. The number of ether oxygens (including phenoxy) is 4. The first-order chi connectivity index (χ1) is 52.3. The van der Waals surface area contributed by atoms with Crippen molar-refractivity contribution in [1.82, 2.24) is 0 Å². The quantitative estimate of drug-likeness (QED) is 0.0222. The van der Waals surface area contributed by atoms with Crippen LogP contribution in [0.15, 0.2) is 0 Å². The van der Waals surface area contributed by atoms with Gasteiger partial charge in [-0.15, -0.1) is 0 Å². The average Bonchev–Trinajstić information content (AvgIpc) is 0.899. The predicted octanol–water partition coefficient (Wildman–Crippen LogP) is 27.3. The molecule has 0 saturated carbocycles. The second kappa shape index (κ2) is 78.9. The SMILES string of the molecule is CCCCCCCCCCC(=O)OC[C@H](COP(=O)(O)OC[C@H](O)COP(=O)(O)OC[C@@H](COC(=O)CCCCCCCCCCCCCCCCCCCCC(C)CC)OC(=O)CCCCCCCCCCCCCCCCCCCCC(C)CC)OC(=O)CCCCCCCCCCCCCCCC(C)C. The van der Waals surface area contributed by atoms with Gasteiger partial charge in [-0.25, -0.2) is 9.13 Å². The number of hydrogen-bond acceptors (Lipinski definition) is 15. The Morgan fingerprint density at radius 2 is 0.472 bits per heavy atom. The van der Waals surface area contributed by atoms with Crippen LogP contribution in [0.3, 0.4) is 0 Å². The van der Waals surface area contributed by atoms with Gasteiger partial charge >= 0.3 is 39.5 Å². The maximum atomic E-state index is 13.2. The van der Waals surface area contributed by atoms with Gasteiger partial charge in [-0.2, -0.15) is 0 Å². The molecule has 0 saturated heterocycles. The van der Waals surface area contributed by atoms with Crippen molar-refractivity contribution in [2.24, 2.45) is 17.8 Å². The van der Waals surface area contributed by atoms with Crippen molar-refractivity contribution < 1.29 is 80.2 Å². The monoisotopic (exact) mass is 1580 g/mol. The minimum Gasteiger partial charge on any atom is -0.462 e. The highest BCUT2D eigenvalue weighted by Crippen LogP contribution is 2.45. The number of carbonyl (C=O) groups excluding carboxylic acids is 4. The molecule has 3 N–H and O–H groups in total. The molecular formula is C89H174O17P2. The Morgan fingerprint density at radius 1 is 0.269 bits per heavy atom. The Bertz CT molecular complexity index is 2080. The highest BCUT2D eigenvalue weighted by atomic mass is 31.2. The Balaban J connectivity index is 5.18. The van der Waals surface area contributed by atoms with Gasteiger partial charge in [-0.05, 0) is 43.4 Å². The van der Waals surface area contributed by atoms with Crippen molar-refractivity contribution in [1.29, 1.82) is 0 Å².